The average Bonchev–Trinajstić information content (AvgIpc) is 2.87. The summed E-state index contributed by atoms with van der Waals surface area (Å²) in [6, 6.07) is -0.0335. The Morgan fingerprint density at radius 3 is 2.33 bits per heavy atom. The van der Waals surface area contributed by atoms with Crippen LogP contribution in [0.1, 0.15) is 47.0 Å². The second-order valence-electron chi connectivity index (χ2n) is 6.14. The van der Waals surface area contributed by atoms with E-state index < -0.39 is 11.9 Å². The highest BCUT2D eigenvalue weighted by molar-refractivity contribution is 5.76. The van der Waals surface area contributed by atoms with E-state index in [-0.39, 0.29) is 18.1 Å². The summed E-state index contributed by atoms with van der Waals surface area (Å²) in [6.45, 7) is 9.09. The Kier molecular flexibility index (Phi) is 6.72. The molecule has 2 N–H and O–H groups in total. The van der Waals surface area contributed by atoms with Crippen LogP contribution in [0.2, 0.25) is 0 Å². The number of carboxylic acid groups (broad SMARTS) is 1. The Morgan fingerprint density at radius 1 is 1.29 bits per heavy atom. The van der Waals surface area contributed by atoms with Crippen molar-refractivity contribution >= 4 is 12.0 Å². The van der Waals surface area contributed by atoms with Crippen molar-refractivity contribution in [2.24, 2.45) is 11.8 Å². The molecule has 5 nitrogen and oxygen atoms in total. The minimum Gasteiger partial charge on any atom is -0.481 e. The number of nitrogens with zero attached hydrogens (tertiary/aromatic N) is 1. The van der Waals surface area contributed by atoms with Gasteiger partial charge in [-0.2, -0.15) is 0 Å². The van der Waals surface area contributed by atoms with E-state index in [1.807, 2.05) is 4.90 Å². The molecule has 0 aromatic heterocycles. The van der Waals surface area contributed by atoms with Crippen LogP contribution in [0, 0.1) is 11.8 Å². The number of rotatable bonds is 7. The van der Waals surface area contributed by atoms with Gasteiger partial charge in [-0.25, -0.2) is 4.79 Å². The van der Waals surface area contributed by atoms with Crippen molar-refractivity contribution < 1.29 is 14.7 Å². The lowest BCUT2D eigenvalue weighted by Gasteiger charge is -2.33. The van der Waals surface area contributed by atoms with Crippen LogP contribution < -0.4 is 5.32 Å². The minimum absolute atomic E-state index is 0.0851. The zero-order chi connectivity index (χ0) is 16.0. The summed E-state index contributed by atoms with van der Waals surface area (Å²) in [5.74, 6) is -0.911. The van der Waals surface area contributed by atoms with E-state index in [2.05, 4.69) is 33.0 Å². The Labute approximate surface area is 127 Å². The Balaban J connectivity index is 2.65. The maximum Gasteiger partial charge on any atom is 0.318 e. The summed E-state index contributed by atoms with van der Waals surface area (Å²) >= 11 is 0. The number of aliphatic carboxylic acids is 1. The molecule has 1 aliphatic carbocycles. The van der Waals surface area contributed by atoms with Crippen molar-refractivity contribution in [1.29, 1.82) is 0 Å². The highest BCUT2D eigenvalue weighted by atomic mass is 16.4. The average molecular weight is 296 g/mol. The fourth-order valence-electron chi connectivity index (χ4n) is 2.75. The van der Waals surface area contributed by atoms with Crippen LogP contribution in [0.25, 0.3) is 0 Å². The van der Waals surface area contributed by atoms with Gasteiger partial charge >= 0.3 is 12.0 Å². The third-order valence-corrected chi connectivity index (χ3v) is 3.92. The summed E-state index contributed by atoms with van der Waals surface area (Å²) in [5.41, 5.74) is 0. The van der Waals surface area contributed by atoms with Crippen molar-refractivity contribution in [1.82, 2.24) is 10.2 Å². The lowest BCUT2D eigenvalue weighted by molar-refractivity contribution is -0.140. The predicted octanol–water partition coefficient (Wildman–Crippen LogP) is 2.87. The molecule has 2 unspecified atom stereocenters. The monoisotopic (exact) mass is 296 g/mol. The van der Waals surface area contributed by atoms with Crippen LogP contribution in [0.4, 0.5) is 4.79 Å². The molecule has 1 aliphatic rings. The van der Waals surface area contributed by atoms with Gasteiger partial charge in [0.1, 0.15) is 0 Å². The Bertz CT molecular complexity index is 389. The first-order valence-electron chi connectivity index (χ1n) is 7.87. The van der Waals surface area contributed by atoms with Crippen LogP contribution in [0.5, 0.6) is 0 Å². The highest BCUT2D eigenvalue weighted by Crippen LogP contribution is 2.19. The molecule has 2 atom stereocenters. The molecule has 0 bridgehead atoms. The van der Waals surface area contributed by atoms with E-state index in [1.165, 1.54) is 0 Å². The lowest BCUT2D eigenvalue weighted by atomic mass is 10.1. The molecule has 0 heterocycles. The molecule has 1 rings (SSSR count). The highest BCUT2D eigenvalue weighted by Gasteiger charge is 2.28. The molecule has 0 fully saturated rings. The van der Waals surface area contributed by atoms with Gasteiger partial charge in [-0.15, -0.1) is 0 Å². The number of hydrogen-bond donors (Lipinski definition) is 2. The molecular weight excluding hydrogens is 268 g/mol. The van der Waals surface area contributed by atoms with Crippen molar-refractivity contribution in [3.05, 3.63) is 12.2 Å². The fourth-order valence-corrected chi connectivity index (χ4v) is 2.75. The normalized spacial score (nSPS) is 21.0. The first kappa shape index (κ1) is 17.5. The Morgan fingerprint density at radius 2 is 1.90 bits per heavy atom. The Hall–Kier alpha value is -1.52. The van der Waals surface area contributed by atoms with Gasteiger partial charge in [0.15, 0.2) is 0 Å². The van der Waals surface area contributed by atoms with Gasteiger partial charge < -0.3 is 15.3 Å². The van der Waals surface area contributed by atoms with E-state index in [0.717, 1.165) is 19.4 Å². The molecule has 0 radical (unpaired) electrons. The number of carbonyl (C=O) groups excluding carboxylic acids is 1. The third kappa shape index (κ3) is 5.06. The zero-order valence-corrected chi connectivity index (χ0v) is 13.5. The van der Waals surface area contributed by atoms with Crippen molar-refractivity contribution in [2.45, 2.75) is 59.0 Å². The first-order valence-corrected chi connectivity index (χ1v) is 7.87. The molecule has 0 aliphatic heterocycles. The summed E-state index contributed by atoms with van der Waals surface area (Å²) in [6.07, 6.45) is 5.75. The van der Waals surface area contributed by atoms with Gasteiger partial charge in [0.25, 0.3) is 0 Å². The van der Waals surface area contributed by atoms with E-state index >= 15 is 0 Å². The molecule has 0 aromatic carbocycles. The molecular formula is C16H28N2O3. The molecule has 0 aromatic rings. The number of nitrogens with one attached hydrogen (secondary N) is 1. The topological polar surface area (TPSA) is 69.6 Å². The van der Waals surface area contributed by atoms with Crippen LogP contribution in [-0.2, 0) is 4.79 Å². The number of urea groups is 1. The van der Waals surface area contributed by atoms with Crippen LogP contribution in [0.15, 0.2) is 12.2 Å². The SMILES string of the molecule is CCC(CC)N(CC(C)C)C(=O)NC1C=CC(C(=O)O)C1. The standard InChI is InChI=1S/C16H28N2O3/c1-5-14(6-2)18(10-11(3)4)16(21)17-13-8-7-12(9-13)15(19)20/h7-8,11-14H,5-6,9-10H2,1-4H3,(H,17,21)(H,19,20). The first-order chi connectivity index (χ1) is 9.88. The lowest BCUT2D eigenvalue weighted by Crippen LogP contribution is -2.49. The van der Waals surface area contributed by atoms with E-state index in [1.54, 1.807) is 12.2 Å². The maximum atomic E-state index is 12.5. The number of carboxylic acids is 1. The molecule has 21 heavy (non-hydrogen) atoms. The van der Waals surface area contributed by atoms with Gasteiger partial charge in [-0.05, 0) is 25.2 Å². The number of carbonyl (C=O) groups is 2. The predicted molar refractivity (Wildman–Crippen MR) is 83.1 cm³/mol. The smallest absolute Gasteiger partial charge is 0.318 e. The number of amides is 2. The summed E-state index contributed by atoms with van der Waals surface area (Å²) in [5, 5.41) is 11.9. The van der Waals surface area contributed by atoms with Gasteiger partial charge in [-0.1, -0.05) is 39.8 Å². The molecule has 0 spiro atoms. The van der Waals surface area contributed by atoms with Gasteiger partial charge in [-0.3, -0.25) is 4.79 Å². The third-order valence-electron chi connectivity index (χ3n) is 3.92. The fraction of sp³-hybridized carbons (Fsp3) is 0.750. The van der Waals surface area contributed by atoms with E-state index in [4.69, 9.17) is 5.11 Å². The van der Waals surface area contributed by atoms with Gasteiger partial charge in [0, 0.05) is 12.6 Å². The van der Waals surface area contributed by atoms with Crippen LogP contribution >= 0.6 is 0 Å². The quantitative estimate of drug-likeness (QED) is 0.710. The zero-order valence-electron chi connectivity index (χ0n) is 13.5. The molecule has 120 valence electrons. The van der Waals surface area contributed by atoms with E-state index in [0.29, 0.717) is 12.3 Å². The second kappa shape index (κ2) is 8.05. The number of hydrogen-bond acceptors (Lipinski definition) is 2. The van der Waals surface area contributed by atoms with Crippen molar-refractivity contribution in [3.8, 4) is 0 Å². The summed E-state index contributed by atoms with van der Waals surface area (Å²) in [7, 11) is 0. The molecule has 0 saturated heterocycles. The van der Waals surface area contributed by atoms with Crippen LogP contribution in [-0.4, -0.2) is 40.6 Å². The minimum atomic E-state index is -0.831. The van der Waals surface area contributed by atoms with Crippen LogP contribution in [0.3, 0.4) is 0 Å². The van der Waals surface area contributed by atoms with Crippen molar-refractivity contribution in [2.75, 3.05) is 6.54 Å². The van der Waals surface area contributed by atoms with Crippen molar-refractivity contribution in [3.63, 3.8) is 0 Å². The summed E-state index contributed by atoms with van der Waals surface area (Å²) in [4.78, 5) is 25.3. The second-order valence-corrected chi connectivity index (χ2v) is 6.14. The largest absolute Gasteiger partial charge is 0.481 e. The van der Waals surface area contributed by atoms with E-state index in [9.17, 15) is 9.59 Å². The molecule has 2 amide bonds. The van der Waals surface area contributed by atoms with Gasteiger partial charge in [0.2, 0.25) is 0 Å². The maximum absolute atomic E-state index is 12.5. The molecule has 5 heteroatoms. The van der Waals surface area contributed by atoms with Gasteiger partial charge in [0.05, 0.1) is 12.0 Å². The summed E-state index contributed by atoms with van der Waals surface area (Å²) < 4.78 is 0. The molecule has 0 saturated carbocycles.